The first-order valence-corrected chi connectivity index (χ1v) is 19.3. The van der Waals surface area contributed by atoms with Crippen molar-refractivity contribution in [2.24, 2.45) is 0 Å². The first-order chi connectivity index (χ1) is 9.66. The van der Waals surface area contributed by atoms with Gasteiger partial charge in [-0.3, -0.25) is 0 Å². The van der Waals surface area contributed by atoms with Crippen LogP contribution in [-0.2, 0) is 0 Å². The van der Waals surface area contributed by atoms with E-state index in [1.165, 1.54) is 55.8 Å². The molecule has 0 rings (SSSR count). The van der Waals surface area contributed by atoms with Crippen molar-refractivity contribution in [3.8, 4) is 0 Å². The van der Waals surface area contributed by atoms with Gasteiger partial charge in [-0.05, 0) is 0 Å². The van der Waals surface area contributed by atoms with E-state index in [0.717, 1.165) is 0 Å². The van der Waals surface area contributed by atoms with Crippen LogP contribution in [0.2, 0.25) is 17.8 Å². The second-order valence-electron chi connectivity index (χ2n) is 6.22. The predicted octanol–water partition coefficient (Wildman–Crippen LogP) is 6.81. The fourth-order valence-corrected chi connectivity index (χ4v) is 32.7. The van der Waals surface area contributed by atoms with Gasteiger partial charge in [-0.15, -0.1) is 0 Å². The van der Waals surface area contributed by atoms with Gasteiger partial charge in [-0.25, -0.2) is 0 Å². The summed E-state index contributed by atoms with van der Waals surface area (Å²) >= 11 is -1.89. The summed E-state index contributed by atoms with van der Waals surface area (Å²) in [5.74, 6) is 0. The topological polar surface area (TPSA) is 0 Å². The van der Waals surface area contributed by atoms with Gasteiger partial charge in [0.1, 0.15) is 0 Å². The Kier molecular flexibility index (Phi) is 14.9. The molecular weight excluding hydrogens is 463 g/mol. The van der Waals surface area contributed by atoms with E-state index >= 15 is 0 Å². The van der Waals surface area contributed by atoms with Crippen molar-refractivity contribution >= 4 is 39.3 Å². The third kappa shape index (κ3) is 8.69. The van der Waals surface area contributed by atoms with E-state index in [4.69, 9.17) is 6.58 Å². The molecule has 0 aromatic rings. The molecule has 0 aliphatic carbocycles. The molecule has 0 atom stereocenters. The van der Waals surface area contributed by atoms with Crippen LogP contribution in [0.15, 0.2) is 8.22 Å². The summed E-state index contributed by atoms with van der Waals surface area (Å²) in [4.78, 5) is 0. The van der Waals surface area contributed by atoms with Gasteiger partial charge in [0, 0.05) is 0 Å². The van der Waals surface area contributed by atoms with Gasteiger partial charge in [-0.2, -0.15) is 0 Å². The standard InChI is InChI=1S/C6H11Te.3C4H9.Sn/c1-3-5-6-7-4-2;3*1-3-4-2;/h2-3,5-6H2,1H3;3*1,3-4H2,2H3;. The molecule has 0 aromatic heterocycles. The minimum atomic E-state index is -2.01. The van der Waals surface area contributed by atoms with Gasteiger partial charge in [-0.1, -0.05) is 0 Å². The Morgan fingerprint density at radius 1 is 0.750 bits per heavy atom. The van der Waals surface area contributed by atoms with E-state index in [1.54, 1.807) is 13.3 Å². The van der Waals surface area contributed by atoms with Crippen molar-refractivity contribution < 1.29 is 0 Å². The monoisotopic (exact) mass is 504 g/mol. The van der Waals surface area contributed by atoms with E-state index in [0.29, 0.717) is 0 Å². The molecule has 20 heavy (non-hydrogen) atoms. The molecule has 2 heteroatoms. The Balaban J connectivity index is 4.76. The first-order valence-electron chi connectivity index (χ1n) is 8.99. The zero-order valence-electron chi connectivity index (χ0n) is 14.6. The van der Waals surface area contributed by atoms with E-state index in [2.05, 4.69) is 27.7 Å². The molecule has 0 nitrogen and oxygen atoms in total. The second kappa shape index (κ2) is 14.0. The minimum absolute atomic E-state index is 0.120. The van der Waals surface area contributed by atoms with Crippen molar-refractivity contribution in [1.29, 1.82) is 0 Å². The molecule has 120 valence electrons. The van der Waals surface area contributed by atoms with Gasteiger partial charge in [0.25, 0.3) is 0 Å². The molecule has 0 aromatic carbocycles. The fourth-order valence-electron chi connectivity index (χ4n) is 2.83. The maximum atomic E-state index is 4.71. The van der Waals surface area contributed by atoms with Gasteiger partial charge in [0.05, 0.1) is 0 Å². The van der Waals surface area contributed by atoms with E-state index in [-0.39, 0.29) is 20.9 Å². The van der Waals surface area contributed by atoms with Crippen LogP contribution >= 0.6 is 0 Å². The van der Waals surface area contributed by atoms with E-state index in [1.807, 2.05) is 1.64 Å². The van der Waals surface area contributed by atoms with Gasteiger partial charge < -0.3 is 0 Å². The Labute approximate surface area is 143 Å². The summed E-state index contributed by atoms with van der Waals surface area (Å²) in [7, 11) is 0. The SMILES string of the molecule is C=[C]([Te]CCCC)[Sn]([CH2]CCC)([CH2]CCC)[CH2]CCC. The quantitative estimate of drug-likeness (QED) is 0.181. The van der Waals surface area contributed by atoms with Gasteiger partial charge in [0.15, 0.2) is 0 Å². The molecule has 0 aliphatic rings. The third-order valence-electron chi connectivity index (χ3n) is 4.39. The molecule has 0 heterocycles. The molecule has 0 spiro atoms. The summed E-state index contributed by atoms with van der Waals surface area (Å²) in [6.45, 7) is 14.1. The van der Waals surface area contributed by atoms with E-state index in [9.17, 15) is 0 Å². The summed E-state index contributed by atoms with van der Waals surface area (Å²) in [5.41, 5.74) is 0. The third-order valence-corrected chi connectivity index (χ3v) is 32.4. The van der Waals surface area contributed by atoms with Crippen LogP contribution in [0.1, 0.15) is 79.1 Å². The molecule has 0 saturated heterocycles. The molecule has 0 saturated carbocycles. The second-order valence-corrected chi connectivity index (χ2v) is 26.1. The molecule has 0 unspecified atom stereocenters. The molecule has 0 fully saturated rings. The van der Waals surface area contributed by atoms with Gasteiger partial charge >= 0.3 is 144 Å². The fraction of sp³-hybridized carbons (Fsp3) is 0.889. The summed E-state index contributed by atoms with van der Waals surface area (Å²) in [6.07, 6.45) is 11.5. The zero-order valence-corrected chi connectivity index (χ0v) is 19.8. The van der Waals surface area contributed by atoms with E-state index < -0.39 is 18.4 Å². The van der Waals surface area contributed by atoms with Crippen LogP contribution < -0.4 is 0 Å². The van der Waals surface area contributed by atoms with Crippen LogP contribution in [0.3, 0.4) is 0 Å². The Morgan fingerprint density at radius 3 is 1.50 bits per heavy atom. The molecule has 0 aliphatic heterocycles. The Morgan fingerprint density at radius 2 is 1.15 bits per heavy atom. The predicted molar refractivity (Wildman–Crippen MR) is 99.5 cm³/mol. The van der Waals surface area contributed by atoms with Crippen molar-refractivity contribution in [2.75, 3.05) is 0 Å². The Bertz CT molecular complexity index is 216. The summed E-state index contributed by atoms with van der Waals surface area (Å²) < 4.78 is 8.33. The maximum absolute atomic E-state index is 4.71. The van der Waals surface area contributed by atoms with Crippen LogP contribution in [0, 0.1) is 0 Å². The van der Waals surface area contributed by atoms with Crippen molar-refractivity contribution in [1.82, 2.24) is 0 Å². The molecule has 0 N–H and O–H groups in total. The average molecular weight is 501 g/mol. The average Bonchev–Trinajstić information content (AvgIpc) is 2.47. The zero-order chi connectivity index (χ0) is 15.3. The summed E-state index contributed by atoms with van der Waals surface area (Å²) in [5, 5.41) is 0. The normalized spacial score (nSPS) is 11.8. The van der Waals surface area contributed by atoms with Gasteiger partial charge in [0.2, 0.25) is 0 Å². The van der Waals surface area contributed by atoms with Crippen LogP contribution in [0.4, 0.5) is 0 Å². The van der Waals surface area contributed by atoms with Crippen LogP contribution in [0.5, 0.6) is 0 Å². The van der Waals surface area contributed by atoms with Crippen LogP contribution in [-0.4, -0.2) is 39.3 Å². The molecular formula is C18H38SnTe. The number of hydrogen-bond acceptors (Lipinski definition) is 0. The number of unbranched alkanes of at least 4 members (excludes halogenated alkanes) is 4. The number of rotatable bonds is 14. The first kappa shape index (κ1) is 21.3. The van der Waals surface area contributed by atoms with Crippen molar-refractivity contribution in [3.63, 3.8) is 0 Å². The molecule has 0 radical (unpaired) electrons. The van der Waals surface area contributed by atoms with Crippen molar-refractivity contribution in [3.05, 3.63) is 8.22 Å². The number of hydrogen-bond donors (Lipinski definition) is 0. The van der Waals surface area contributed by atoms with Crippen LogP contribution in [0.25, 0.3) is 0 Å². The Hall–Kier alpha value is 1.33. The van der Waals surface area contributed by atoms with Crippen molar-refractivity contribution in [2.45, 2.75) is 96.8 Å². The molecule has 0 amide bonds. The molecule has 0 bridgehead atoms. The summed E-state index contributed by atoms with van der Waals surface area (Å²) in [6, 6.07) is 0.